The summed E-state index contributed by atoms with van der Waals surface area (Å²) in [5.74, 6) is -0.711. The van der Waals surface area contributed by atoms with E-state index < -0.39 is 18.0 Å². The zero-order valence-corrected chi connectivity index (χ0v) is 22.6. The number of ketones is 1. The molecule has 9 nitrogen and oxygen atoms in total. The number of rotatable bonds is 20. The molecule has 0 radical (unpaired) electrons. The van der Waals surface area contributed by atoms with Gasteiger partial charge in [-0.1, -0.05) is 38.3 Å². The lowest BCUT2D eigenvalue weighted by molar-refractivity contribution is -0.139. The van der Waals surface area contributed by atoms with Gasteiger partial charge in [0.1, 0.15) is 11.8 Å². The van der Waals surface area contributed by atoms with E-state index in [0.717, 1.165) is 69.5 Å². The van der Waals surface area contributed by atoms with Crippen LogP contribution in [0.1, 0.15) is 82.5 Å². The molecule has 0 aliphatic carbocycles. The van der Waals surface area contributed by atoms with E-state index in [2.05, 4.69) is 25.5 Å². The van der Waals surface area contributed by atoms with Crippen LogP contribution in [-0.4, -0.2) is 56.9 Å². The van der Waals surface area contributed by atoms with Gasteiger partial charge < -0.3 is 15.7 Å². The van der Waals surface area contributed by atoms with Crippen molar-refractivity contribution in [3.63, 3.8) is 0 Å². The summed E-state index contributed by atoms with van der Waals surface area (Å²) < 4.78 is 0. The minimum Gasteiger partial charge on any atom is -0.480 e. The number of carbonyl (C=O) groups excluding carboxylic acids is 2. The van der Waals surface area contributed by atoms with Crippen LogP contribution in [0.25, 0.3) is 0 Å². The molecule has 1 atom stereocenters. The number of amides is 2. The average molecular weight is 526 g/mol. The molecule has 2 rings (SSSR count). The van der Waals surface area contributed by atoms with E-state index in [1.54, 1.807) is 0 Å². The summed E-state index contributed by atoms with van der Waals surface area (Å²) in [6, 6.07) is 10.6. The summed E-state index contributed by atoms with van der Waals surface area (Å²) in [6.45, 7) is 4.75. The quantitative estimate of drug-likeness (QED) is 0.214. The van der Waals surface area contributed by atoms with Crippen LogP contribution >= 0.6 is 0 Å². The number of nitrogens with one attached hydrogen (secondary N) is 2. The van der Waals surface area contributed by atoms with Crippen LogP contribution in [0.5, 0.6) is 0 Å². The summed E-state index contributed by atoms with van der Waals surface area (Å²) >= 11 is 0. The van der Waals surface area contributed by atoms with E-state index in [-0.39, 0.29) is 0 Å². The Morgan fingerprint density at radius 2 is 1.47 bits per heavy atom. The SMILES string of the molecule is CCCC(NC(=O)NCCCCCCC(=O)CCCCN(Cc1ccccn1)Cc1ccccn1)C(=O)O. The van der Waals surface area contributed by atoms with Gasteiger partial charge in [-0.25, -0.2) is 9.59 Å². The standard InChI is InChI=1S/C29H43N5O4/c1-2-13-27(28(36)37)33-29(38)32-20-9-4-3-5-16-26(35)17-8-12-21-34(22-24-14-6-10-18-30-24)23-25-15-7-11-19-31-25/h6-7,10-11,14-15,18-19,27H,2-5,8-9,12-13,16-17,20-23H2,1H3,(H,36,37)(H2,32,33,38). The number of urea groups is 1. The normalized spacial score (nSPS) is 11.7. The van der Waals surface area contributed by atoms with Crippen LogP contribution in [0.15, 0.2) is 48.8 Å². The first-order chi connectivity index (χ1) is 18.5. The minimum absolute atomic E-state index is 0.305. The number of aromatic nitrogens is 2. The Morgan fingerprint density at radius 1 is 0.868 bits per heavy atom. The topological polar surface area (TPSA) is 125 Å². The van der Waals surface area contributed by atoms with Crippen molar-refractivity contribution in [3.8, 4) is 0 Å². The van der Waals surface area contributed by atoms with Gasteiger partial charge >= 0.3 is 12.0 Å². The van der Waals surface area contributed by atoms with E-state index in [4.69, 9.17) is 5.11 Å². The minimum atomic E-state index is -1.02. The number of aliphatic carboxylic acids is 1. The summed E-state index contributed by atoms with van der Waals surface area (Å²) in [6.07, 6.45) is 11.2. The van der Waals surface area contributed by atoms with Crippen LogP contribution in [0.3, 0.4) is 0 Å². The maximum Gasteiger partial charge on any atom is 0.326 e. The second-order valence-corrected chi connectivity index (χ2v) is 9.59. The Balaban J connectivity index is 1.55. The maximum absolute atomic E-state index is 12.3. The third-order valence-corrected chi connectivity index (χ3v) is 6.25. The van der Waals surface area contributed by atoms with Crippen molar-refractivity contribution < 1.29 is 19.5 Å². The van der Waals surface area contributed by atoms with Crippen LogP contribution in [0, 0.1) is 0 Å². The van der Waals surface area contributed by atoms with E-state index in [1.807, 2.05) is 55.7 Å². The molecule has 2 amide bonds. The molecule has 0 saturated heterocycles. The van der Waals surface area contributed by atoms with Gasteiger partial charge in [-0.15, -0.1) is 0 Å². The van der Waals surface area contributed by atoms with Crippen molar-refractivity contribution in [2.24, 2.45) is 0 Å². The Bertz CT molecular complexity index is 901. The number of hydrogen-bond acceptors (Lipinski definition) is 6. The van der Waals surface area contributed by atoms with E-state index in [0.29, 0.717) is 38.0 Å². The summed E-state index contributed by atoms with van der Waals surface area (Å²) in [4.78, 5) is 46.5. The molecular formula is C29H43N5O4. The second kappa shape index (κ2) is 18.8. The first kappa shape index (κ1) is 30.9. The predicted molar refractivity (Wildman–Crippen MR) is 147 cm³/mol. The van der Waals surface area contributed by atoms with Gasteiger partial charge in [-0.2, -0.15) is 0 Å². The Hall–Kier alpha value is -3.33. The summed E-state index contributed by atoms with van der Waals surface area (Å²) in [7, 11) is 0. The molecule has 3 N–H and O–H groups in total. The lowest BCUT2D eigenvalue weighted by atomic mass is 10.1. The second-order valence-electron chi connectivity index (χ2n) is 9.59. The highest BCUT2D eigenvalue weighted by atomic mass is 16.4. The van der Waals surface area contributed by atoms with Gasteiger partial charge in [0, 0.05) is 44.9 Å². The monoisotopic (exact) mass is 525 g/mol. The zero-order valence-electron chi connectivity index (χ0n) is 22.6. The molecule has 1 unspecified atom stereocenters. The molecule has 0 aliphatic heterocycles. The molecule has 38 heavy (non-hydrogen) atoms. The molecule has 208 valence electrons. The molecule has 2 aromatic rings. The van der Waals surface area contributed by atoms with Crippen molar-refractivity contribution in [2.45, 2.75) is 90.3 Å². The van der Waals surface area contributed by atoms with E-state index in [9.17, 15) is 14.4 Å². The molecule has 2 aromatic heterocycles. The highest BCUT2D eigenvalue weighted by molar-refractivity contribution is 5.82. The van der Waals surface area contributed by atoms with E-state index >= 15 is 0 Å². The fourth-order valence-electron chi connectivity index (χ4n) is 4.20. The first-order valence-corrected chi connectivity index (χ1v) is 13.8. The van der Waals surface area contributed by atoms with Crippen molar-refractivity contribution in [2.75, 3.05) is 13.1 Å². The number of nitrogens with zero attached hydrogens (tertiary/aromatic N) is 3. The number of carbonyl (C=O) groups is 3. The predicted octanol–water partition coefficient (Wildman–Crippen LogP) is 4.72. The highest BCUT2D eigenvalue weighted by Crippen LogP contribution is 2.11. The maximum atomic E-state index is 12.3. The average Bonchev–Trinajstić information content (AvgIpc) is 2.91. The van der Waals surface area contributed by atoms with Crippen molar-refractivity contribution in [3.05, 3.63) is 60.2 Å². The third-order valence-electron chi connectivity index (χ3n) is 6.25. The van der Waals surface area contributed by atoms with Crippen LogP contribution in [-0.2, 0) is 22.7 Å². The zero-order chi connectivity index (χ0) is 27.4. The van der Waals surface area contributed by atoms with Crippen molar-refractivity contribution in [1.29, 1.82) is 0 Å². The third kappa shape index (κ3) is 13.8. The number of carboxylic acid groups (broad SMARTS) is 1. The van der Waals surface area contributed by atoms with Crippen molar-refractivity contribution >= 4 is 17.8 Å². The number of Topliss-reactive ketones (excluding diaryl/α,β-unsaturated/α-hetero) is 1. The Kier molecular flexibility index (Phi) is 15.3. The summed E-state index contributed by atoms with van der Waals surface area (Å²) in [5, 5.41) is 14.3. The van der Waals surface area contributed by atoms with Gasteiger partial charge in [0.05, 0.1) is 11.4 Å². The van der Waals surface area contributed by atoms with Gasteiger partial charge in [0.25, 0.3) is 0 Å². The number of carboxylic acids is 1. The fraction of sp³-hybridized carbons (Fsp3) is 0.552. The molecule has 0 aromatic carbocycles. The van der Waals surface area contributed by atoms with Crippen LogP contribution < -0.4 is 10.6 Å². The number of unbranched alkanes of at least 4 members (excludes halogenated alkanes) is 4. The Morgan fingerprint density at radius 3 is 2.03 bits per heavy atom. The molecule has 2 heterocycles. The lowest BCUT2D eigenvalue weighted by Crippen LogP contribution is -2.46. The number of pyridine rings is 2. The molecular weight excluding hydrogens is 482 g/mol. The summed E-state index contributed by atoms with van der Waals surface area (Å²) in [5.41, 5.74) is 2.05. The number of hydrogen-bond donors (Lipinski definition) is 3. The van der Waals surface area contributed by atoms with Crippen molar-refractivity contribution in [1.82, 2.24) is 25.5 Å². The van der Waals surface area contributed by atoms with Crippen LogP contribution in [0.2, 0.25) is 0 Å². The van der Waals surface area contributed by atoms with Gasteiger partial charge in [-0.3, -0.25) is 19.7 Å². The van der Waals surface area contributed by atoms with Gasteiger partial charge in [-0.05, 0) is 62.9 Å². The Labute approximate surface area is 226 Å². The van der Waals surface area contributed by atoms with E-state index in [1.165, 1.54) is 0 Å². The molecule has 9 heteroatoms. The smallest absolute Gasteiger partial charge is 0.326 e. The molecule has 0 aliphatic rings. The van der Waals surface area contributed by atoms with Gasteiger partial charge in [0.2, 0.25) is 0 Å². The largest absolute Gasteiger partial charge is 0.480 e. The molecule has 0 fully saturated rings. The van der Waals surface area contributed by atoms with Crippen LogP contribution in [0.4, 0.5) is 4.79 Å². The first-order valence-electron chi connectivity index (χ1n) is 13.8. The fourth-order valence-corrected chi connectivity index (χ4v) is 4.20. The lowest BCUT2D eigenvalue weighted by Gasteiger charge is -2.21. The molecule has 0 spiro atoms. The molecule has 0 saturated carbocycles. The highest BCUT2D eigenvalue weighted by Gasteiger charge is 2.18. The van der Waals surface area contributed by atoms with Gasteiger partial charge in [0.15, 0.2) is 0 Å². The molecule has 0 bridgehead atoms.